The summed E-state index contributed by atoms with van der Waals surface area (Å²) in [5, 5.41) is 6.82. The molecule has 0 saturated carbocycles. The van der Waals surface area contributed by atoms with E-state index in [1.165, 1.54) is 11.1 Å². The first-order valence-corrected chi connectivity index (χ1v) is 8.51. The maximum absolute atomic E-state index is 5.48. The van der Waals surface area contributed by atoms with Crippen molar-refractivity contribution in [3.63, 3.8) is 0 Å². The van der Waals surface area contributed by atoms with Gasteiger partial charge in [0.15, 0.2) is 5.96 Å². The van der Waals surface area contributed by atoms with Gasteiger partial charge in [0, 0.05) is 19.2 Å². The van der Waals surface area contributed by atoms with Crippen molar-refractivity contribution in [1.29, 1.82) is 0 Å². The Hall–Kier alpha value is -1.28. The fraction of sp³-hybridized carbons (Fsp3) is 0.526. The van der Waals surface area contributed by atoms with Crippen LogP contribution < -0.4 is 15.4 Å². The molecule has 1 atom stereocenters. The lowest BCUT2D eigenvalue weighted by Crippen LogP contribution is -2.39. The van der Waals surface area contributed by atoms with Gasteiger partial charge < -0.3 is 20.1 Å². The molecule has 0 radical (unpaired) electrons. The molecule has 0 amide bonds. The third kappa shape index (κ3) is 6.86. The van der Waals surface area contributed by atoms with Gasteiger partial charge in [-0.1, -0.05) is 29.3 Å². The van der Waals surface area contributed by atoms with Crippen LogP contribution in [0.3, 0.4) is 0 Å². The van der Waals surface area contributed by atoms with E-state index in [2.05, 4.69) is 47.7 Å². The van der Waals surface area contributed by atoms with Crippen LogP contribution in [0.15, 0.2) is 34.8 Å². The number of nitrogens with one attached hydrogen (secondary N) is 2. The molecular formula is C19H30IN3O2. The first-order valence-electron chi connectivity index (χ1n) is 8.51. The lowest BCUT2D eigenvalue weighted by atomic mass is 10.0. The van der Waals surface area contributed by atoms with Crippen LogP contribution in [-0.2, 0) is 4.74 Å². The first-order chi connectivity index (χ1) is 11.6. The van der Waals surface area contributed by atoms with Crippen LogP contribution in [0, 0.1) is 6.92 Å². The Bertz CT molecular complexity index is 602. The average Bonchev–Trinajstić information content (AvgIpc) is 2.61. The molecule has 140 valence electrons. The SMILES string of the molecule is CN=C(NCCC1=CCOCC1)NC(C)c1cc(C)ccc1OC.I. The lowest BCUT2D eigenvalue weighted by Gasteiger charge is -2.21. The number of benzene rings is 1. The van der Waals surface area contributed by atoms with Crippen LogP contribution >= 0.6 is 24.0 Å². The van der Waals surface area contributed by atoms with Crippen LogP contribution in [0.2, 0.25) is 0 Å². The molecule has 1 aliphatic rings. The van der Waals surface area contributed by atoms with Crippen molar-refractivity contribution in [2.75, 3.05) is 33.9 Å². The molecule has 0 fully saturated rings. The van der Waals surface area contributed by atoms with Crippen LogP contribution in [0.5, 0.6) is 5.75 Å². The molecule has 0 spiro atoms. The highest BCUT2D eigenvalue weighted by Gasteiger charge is 2.13. The first kappa shape index (κ1) is 21.8. The molecule has 0 bridgehead atoms. The molecular weight excluding hydrogens is 429 g/mol. The third-order valence-electron chi connectivity index (χ3n) is 4.22. The van der Waals surface area contributed by atoms with E-state index in [1.807, 2.05) is 6.07 Å². The van der Waals surface area contributed by atoms with Crippen LogP contribution in [0.4, 0.5) is 0 Å². The second-order valence-corrected chi connectivity index (χ2v) is 6.05. The number of aryl methyl sites for hydroxylation is 1. The summed E-state index contributed by atoms with van der Waals surface area (Å²) >= 11 is 0. The molecule has 2 N–H and O–H groups in total. The van der Waals surface area contributed by atoms with Gasteiger partial charge in [-0.15, -0.1) is 24.0 Å². The van der Waals surface area contributed by atoms with Crippen LogP contribution in [0.1, 0.15) is 36.9 Å². The Labute approximate surface area is 168 Å². The highest BCUT2D eigenvalue weighted by atomic mass is 127. The molecule has 0 aromatic heterocycles. The standard InChI is InChI=1S/C19H29N3O2.HI/c1-14-5-6-18(23-4)17(13-14)15(2)22-19(20-3)21-10-7-16-8-11-24-12-9-16;/h5-6,8,13,15H,7,9-12H2,1-4H3,(H2,20,21,22);1H. The summed E-state index contributed by atoms with van der Waals surface area (Å²) in [6.07, 6.45) is 4.23. The van der Waals surface area contributed by atoms with E-state index in [1.54, 1.807) is 14.2 Å². The number of methoxy groups -OCH3 is 1. The summed E-state index contributed by atoms with van der Waals surface area (Å²) < 4.78 is 10.8. The van der Waals surface area contributed by atoms with Crippen molar-refractivity contribution in [1.82, 2.24) is 10.6 Å². The molecule has 1 aromatic carbocycles. The Morgan fingerprint density at radius 3 is 2.84 bits per heavy atom. The Morgan fingerprint density at radius 1 is 1.40 bits per heavy atom. The van der Waals surface area contributed by atoms with Gasteiger partial charge in [0.2, 0.25) is 0 Å². The van der Waals surface area contributed by atoms with Gasteiger partial charge in [0.05, 0.1) is 26.4 Å². The minimum Gasteiger partial charge on any atom is -0.496 e. The van der Waals surface area contributed by atoms with Crippen molar-refractivity contribution < 1.29 is 9.47 Å². The van der Waals surface area contributed by atoms with E-state index in [4.69, 9.17) is 9.47 Å². The lowest BCUT2D eigenvalue weighted by molar-refractivity contribution is 0.153. The van der Waals surface area contributed by atoms with Gasteiger partial charge >= 0.3 is 0 Å². The molecule has 1 unspecified atom stereocenters. The Kier molecular flexibility index (Phi) is 9.89. The van der Waals surface area contributed by atoms with E-state index < -0.39 is 0 Å². The Balaban J connectivity index is 0.00000312. The third-order valence-corrected chi connectivity index (χ3v) is 4.22. The topological polar surface area (TPSA) is 54.9 Å². The summed E-state index contributed by atoms with van der Waals surface area (Å²) in [7, 11) is 3.50. The maximum atomic E-state index is 5.48. The number of aliphatic imine (C=N–C) groups is 1. The molecule has 1 aromatic rings. The van der Waals surface area contributed by atoms with Crippen molar-refractivity contribution in [2.24, 2.45) is 4.99 Å². The molecule has 0 aliphatic carbocycles. The monoisotopic (exact) mass is 459 g/mol. The fourth-order valence-electron chi connectivity index (χ4n) is 2.80. The predicted molar refractivity (Wildman–Crippen MR) is 114 cm³/mol. The summed E-state index contributed by atoms with van der Waals surface area (Å²) in [5.41, 5.74) is 3.80. The van der Waals surface area contributed by atoms with E-state index >= 15 is 0 Å². The number of rotatable bonds is 6. The van der Waals surface area contributed by atoms with E-state index in [9.17, 15) is 0 Å². The number of halogens is 1. The second kappa shape index (κ2) is 11.4. The van der Waals surface area contributed by atoms with Gasteiger partial charge in [0.1, 0.15) is 5.75 Å². The van der Waals surface area contributed by atoms with Crippen molar-refractivity contribution >= 4 is 29.9 Å². The fourth-order valence-corrected chi connectivity index (χ4v) is 2.80. The summed E-state index contributed by atoms with van der Waals surface area (Å²) in [4.78, 5) is 4.32. The van der Waals surface area contributed by atoms with Gasteiger partial charge in [-0.3, -0.25) is 4.99 Å². The minimum atomic E-state index is 0. The van der Waals surface area contributed by atoms with E-state index in [-0.39, 0.29) is 30.0 Å². The summed E-state index contributed by atoms with van der Waals surface area (Å²) in [6, 6.07) is 6.32. The molecule has 1 heterocycles. The molecule has 5 nitrogen and oxygen atoms in total. The van der Waals surface area contributed by atoms with Gasteiger partial charge in [-0.05, 0) is 32.8 Å². The maximum Gasteiger partial charge on any atom is 0.191 e. The number of nitrogens with zero attached hydrogens (tertiary/aromatic N) is 1. The van der Waals surface area contributed by atoms with Crippen LogP contribution in [0.25, 0.3) is 0 Å². The molecule has 25 heavy (non-hydrogen) atoms. The largest absolute Gasteiger partial charge is 0.496 e. The van der Waals surface area contributed by atoms with Crippen molar-refractivity contribution in [2.45, 2.75) is 32.7 Å². The molecule has 6 heteroatoms. The predicted octanol–water partition coefficient (Wildman–Crippen LogP) is 3.58. The zero-order chi connectivity index (χ0) is 17.4. The van der Waals surface area contributed by atoms with Crippen molar-refractivity contribution in [3.05, 3.63) is 41.0 Å². The second-order valence-electron chi connectivity index (χ2n) is 6.05. The minimum absolute atomic E-state index is 0. The van der Waals surface area contributed by atoms with Crippen LogP contribution in [-0.4, -0.2) is 39.9 Å². The molecule has 0 saturated heterocycles. The van der Waals surface area contributed by atoms with Gasteiger partial charge in [0.25, 0.3) is 0 Å². The normalized spacial score (nSPS) is 15.7. The van der Waals surface area contributed by atoms with Gasteiger partial charge in [-0.2, -0.15) is 0 Å². The summed E-state index contributed by atoms with van der Waals surface area (Å²) in [6.45, 7) is 6.65. The zero-order valence-corrected chi connectivity index (χ0v) is 17.9. The van der Waals surface area contributed by atoms with Gasteiger partial charge in [-0.25, -0.2) is 0 Å². The van der Waals surface area contributed by atoms with E-state index in [0.29, 0.717) is 0 Å². The average molecular weight is 459 g/mol. The smallest absolute Gasteiger partial charge is 0.191 e. The highest BCUT2D eigenvalue weighted by Crippen LogP contribution is 2.25. The zero-order valence-electron chi connectivity index (χ0n) is 15.6. The Morgan fingerprint density at radius 2 is 2.20 bits per heavy atom. The number of hydrogen-bond acceptors (Lipinski definition) is 3. The molecule has 1 aliphatic heterocycles. The summed E-state index contributed by atoms with van der Waals surface area (Å²) in [5.74, 6) is 1.70. The quantitative estimate of drug-likeness (QED) is 0.296. The number of hydrogen-bond donors (Lipinski definition) is 2. The number of guanidine groups is 1. The molecule has 2 rings (SSSR count). The number of ether oxygens (including phenoxy) is 2. The van der Waals surface area contributed by atoms with Crippen molar-refractivity contribution in [3.8, 4) is 5.75 Å². The van der Waals surface area contributed by atoms with E-state index in [0.717, 1.165) is 49.9 Å². The highest BCUT2D eigenvalue weighted by molar-refractivity contribution is 14.0.